The summed E-state index contributed by atoms with van der Waals surface area (Å²) >= 11 is 0. The van der Waals surface area contributed by atoms with E-state index >= 15 is 0 Å². The van der Waals surface area contributed by atoms with E-state index in [2.05, 4.69) is 18.8 Å². The van der Waals surface area contributed by atoms with Crippen LogP contribution in [0.4, 0.5) is 24.7 Å². The number of halogens is 3. The van der Waals surface area contributed by atoms with Crippen molar-refractivity contribution in [2.45, 2.75) is 52.3 Å². The Morgan fingerprint density at radius 3 is 2.57 bits per heavy atom. The zero-order chi connectivity index (χ0) is 20.5. The maximum Gasteiger partial charge on any atom is 0.416 e. The predicted octanol–water partition coefficient (Wildman–Crippen LogP) is 5.54. The number of benzene rings is 1. The molecule has 28 heavy (non-hydrogen) atoms. The first kappa shape index (κ1) is 20.0. The largest absolute Gasteiger partial charge is 0.490 e. The third-order valence-electron chi connectivity index (χ3n) is 4.97. The number of aryl methyl sites for hydroxylation is 1. The Balaban J connectivity index is 2.03. The van der Waals surface area contributed by atoms with Crippen molar-refractivity contribution in [2.75, 3.05) is 11.4 Å². The summed E-state index contributed by atoms with van der Waals surface area (Å²) in [5, 5.41) is 9.42. The number of ether oxygens (including phenoxy) is 1. The van der Waals surface area contributed by atoms with E-state index in [9.17, 15) is 18.4 Å². The molecule has 0 amide bonds. The maximum atomic E-state index is 13.0. The summed E-state index contributed by atoms with van der Waals surface area (Å²) in [5.41, 5.74) is 1.27. The van der Waals surface area contributed by atoms with Gasteiger partial charge in [0.1, 0.15) is 17.6 Å². The summed E-state index contributed by atoms with van der Waals surface area (Å²) in [6.45, 7) is 6.52. The summed E-state index contributed by atoms with van der Waals surface area (Å²) in [4.78, 5) is 6.40. The van der Waals surface area contributed by atoms with Gasteiger partial charge in [-0.05, 0) is 44.4 Å². The van der Waals surface area contributed by atoms with Gasteiger partial charge in [-0.2, -0.15) is 18.4 Å². The van der Waals surface area contributed by atoms with Crippen LogP contribution in [-0.4, -0.2) is 17.6 Å². The van der Waals surface area contributed by atoms with Crippen molar-refractivity contribution < 1.29 is 17.9 Å². The number of hydrogen-bond acceptors (Lipinski definition) is 4. The SMILES string of the molecule is CCC(CC)Oc1cc(C)nc2c1CCN2c1ccc(C(F)(F)F)cc1C#N. The molecule has 0 radical (unpaired) electrons. The molecule has 1 aliphatic heterocycles. The van der Waals surface area contributed by atoms with E-state index in [1.54, 1.807) is 4.90 Å². The van der Waals surface area contributed by atoms with Crippen LogP contribution in [0.15, 0.2) is 24.3 Å². The quantitative estimate of drug-likeness (QED) is 0.673. The van der Waals surface area contributed by atoms with Gasteiger partial charge in [-0.1, -0.05) is 13.8 Å². The number of rotatable bonds is 5. The van der Waals surface area contributed by atoms with Gasteiger partial charge in [0.2, 0.25) is 0 Å². The summed E-state index contributed by atoms with van der Waals surface area (Å²) in [7, 11) is 0. The van der Waals surface area contributed by atoms with E-state index in [-0.39, 0.29) is 11.7 Å². The van der Waals surface area contributed by atoms with E-state index in [1.807, 2.05) is 19.1 Å². The molecule has 7 heteroatoms. The van der Waals surface area contributed by atoms with Crippen molar-refractivity contribution in [1.29, 1.82) is 5.26 Å². The third kappa shape index (κ3) is 3.77. The fourth-order valence-electron chi connectivity index (χ4n) is 3.45. The van der Waals surface area contributed by atoms with Crippen molar-refractivity contribution in [3.63, 3.8) is 0 Å². The van der Waals surface area contributed by atoms with Crippen molar-refractivity contribution >= 4 is 11.5 Å². The number of aromatic nitrogens is 1. The molecule has 1 aromatic heterocycles. The first-order valence-corrected chi connectivity index (χ1v) is 9.34. The Morgan fingerprint density at radius 2 is 1.96 bits per heavy atom. The molecule has 148 valence electrons. The monoisotopic (exact) mass is 389 g/mol. The lowest BCUT2D eigenvalue weighted by molar-refractivity contribution is -0.137. The normalized spacial score (nSPS) is 13.6. The van der Waals surface area contributed by atoms with E-state index in [0.29, 0.717) is 24.5 Å². The molecule has 0 unspecified atom stereocenters. The van der Waals surface area contributed by atoms with Crippen LogP contribution in [-0.2, 0) is 12.6 Å². The van der Waals surface area contributed by atoms with E-state index in [1.165, 1.54) is 6.07 Å². The second kappa shape index (κ2) is 7.70. The zero-order valence-electron chi connectivity index (χ0n) is 16.1. The zero-order valence-corrected chi connectivity index (χ0v) is 16.1. The van der Waals surface area contributed by atoms with Crippen molar-refractivity contribution in [3.05, 3.63) is 46.6 Å². The standard InChI is InChI=1S/C21H22F3N3O/c1-4-16(5-2)28-19-10-13(3)26-20-17(19)8-9-27(20)18-7-6-15(21(22,23)24)11-14(18)12-25/h6-7,10-11,16H,4-5,8-9H2,1-3H3. The fourth-order valence-corrected chi connectivity index (χ4v) is 3.45. The molecular weight excluding hydrogens is 367 g/mol. The molecule has 1 aliphatic rings. The topological polar surface area (TPSA) is 49.1 Å². The van der Waals surface area contributed by atoms with Crippen LogP contribution in [0.3, 0.4) is 0 Å². The van der Waals surface area contributed by atoms with Crippen molar-refractivity contribution in [2.24, 2.45) is 0 Å². The minimum atomic E-state index is -4.49. The smallest absolute Gasteiger partial charge is 0.416 e. The van der Waals surface area contributed by atoms with Gasteiger partial charge in [0.15, 0.2) is 0 Å². The second-order valence-corrected chi connectivity index (χ2v) is 6.86. The molecule has 2 aromatic rings. The second-order valence-electron chi connectivity index (χ2n) is 6.86. The van der Waals surface area contributed by atoms with Crippen LogP contribution in [0.25, 0.3) is 0 Å². The van der Waals surface area contributed by atoms with Crippen LogP contribution in [0.5, 0.6) is 5.75 Å². The van der Waals surface area contributed by atoms with Gasteiger partial charge in [0.25, 0.3) is 0 Å². The number of pyridine rings is 1. The average Bonchev–Trinajstić information content (AvgIpc) is 3.08. The lowest BCUT2D eigenvalue weighted by Crippen LogP contribution is -2.17. The number of nitrogens with zero attached hydrogens (tertiary/aromatic N) is 3. The molecule has 0 aliphatic carbocycles. The first-order valence-electron chi connectivity index (χ1n) is 9.34. The van der Waals surface area contributed by atoms with Gasteiger partial charge in [0.05, 0.1) is 22.9 Å². The van der Waals surface area contributed by atoms with Crippen LogP contribution in [0.1, 0.15) is 49.1 Å². The highest BCUT2D eigenvalue weighted by Crippen LogP contribution is 2.41. The van der Waals surface area contributed by atoms with Crippen LogP contribution >= 0.6 is 0 Å². The van der Waals surface area contributed by atoms with E-state index in [4.69, 9.17) is 4.74 Å². The lowest BCUT2D eigenvalue weighted by atomic mass is 10.1. The van der Waals surface area contributed by atoms with Crippen molar-refractivity contribution in [3.8, 4) is 11.8 Å². The lowest BCUT2D eigenvalue weighted by Gasteiger charge is -2.22. The highest BCUT2D eigenvalue weighted by Gasteiger charge is 2.33. The Morgan fingerprint density at radius 1 is 1.25 bits per heavy atom. The Labute approximate surface area is 162 Å². The van der Waals surface area contributed by atoms with Crippen molar-refractivity contribution in [1.82, 2.24) is 4.98 Å². The van der Waals surface area contributed by atoms with Gasteiger partial charge >= 0.3 is 6.18 Å². The number of anilines is 2. The van der Waals surface area contributed by atoms with Gasteiger partial charge < -0.3 is 9.64 Å². The van der Waals surface area contributed by atoms with Gasteiger partial charge in [-0.25, -0.2) is 4.98 Å². The van der Waals surface area contributed by atoms with Crippen LogP contribution in [0, 0.1) is 18.3 Å². The number of fused-ring (bicyclic) bond motifs is 1. The van der Waals surface area contributed by atoms with E-state index < -0.39 is 11.7 Å². The van der Waals surface area contributed by atoms with Crippen LogP contribution < -0.4 is 9.64 Å². The number of nitriles is 1. The number of hydrogen-bond donors (Lipinski definition) is 0. The summed E-state index contributed by atoms with van der Waals surface area (Å²) in [6.07, 6.45) is -1.97. The highest BCUT2D eigenvalue weighted by molar-refractivity contribution is 5.74. The van der Waals surface area contributed by atoms with Gasteiger partial charge in [-0.15, -0.1) is 0 Å². The third-order valence-corrected chi connectivity index (χ3v) is 4.97. The Kier molecular flexibility index (Phi) is 5.50. The van der Waals surface area contributed by atoms with Gasteiger partial charge in [-0.3, -0.25) is 0 Å². The Hall–Kier alpha value is -2.75. The summed E-state index contributed by atoms with van der Waals surface area (Å²) in [5.74, 6) is 1.42. The minimum absolute atomic E-state index is 0.0200. The molecular formula is C21H22F3N3O. The molecule has 0 fully saturated rings. The molecule has 0 saturated carbocycles. The molecule has 0 bridgehead atoms. The predicted molar refractivity (Wildman–Crippen MR) is 101 cm³/mol. The maximum absolute atomic E-state index is 13.0. The molecule has 0 N–H and O–H groups in total. The van der Waals surface area contributed by atoms with Crippen LogP contribution in [0.2, 0.25) is 0 Å². The average molecular weight is 389 g/mol. The molecule has 1 aromatic carbocycles. The van der Waals surface area contributed by atoms with E-state index in [0.717, 1.165) is 42.0 Å². The summed E-state index contributed by atoms with van der Waals surface area (Å²) < 4.78 is 45.1. The first-order chi connectivity index (χ1) is 13.3. The summed E-state index contributed by atoms with van der Waals surface area (Å²) in [6, 6.07) is 7.04. The molecule has 2 heterocycles. The number of alkyl halides is 3. The molecule has 4 nitrogen and oxygen atoms in total. The molecule has 0 atom stereocenters. The fraction of sp³-hybridized carbons (Fsp3) is 0.429. The van der Waals surface area contributed by atoms with Gasteiger partial charge in [0, 0.05) is 23.9 Å². The molecule has 3 rings (SSSR count). The highest BCUT2D eigenvalue weighted by atomic mass is 19.4. The molecule has 0 spiro atoms. The Bertz CT molecular complexity index is 914. The minimum Gasteiger partial charge on any atom is -0.490 e. The molecule has 0 saturated heterocycles.